The van der Waals surface area contributed by atoms with Crippen molar-refractivity contribution < 1.29 is 4.79 Å². The number of H-pyrrole nitrogens is 1. The molecule has 1 atom stereocenters. The van der Waals surface area contributed by atoms with Crippen LogP contribution in [0.25, 0.3) is 0 Å². The second kappa shape index (κ2) is 7.99. The van der Waals surface area contributed by atoms with E-state index < -0.39 is 0 Å². The molecule has 2 aromatic rings. The van der Waals surface area contributed by atoms with Gasteiger partial charge < -0.3 is 20.1 Å². The van der Waals surface area contributed by atoms with Crippen LogP contribution in [-0.4, -0.2) is 56.4 Å². The molecule has 0 spiro atoms. The van der Waals surface area contributed by atoms with E-state index in [0.29, 0.717) is 17.3 Å². The molecule has 6 rings (SSSR count). The zero-order valence-corrected chi connectivity index (χ0v) is 19.9. The van der Waals surface area contributed by atoms with E-state index in [2.05, 4.69) is 38.9 Å². The number of nitrogens with one attached hydrogen (secondary N) is 2. The summed E-state index contributed by atoms with van der Waals surface area (Å²) in [5.74, 6) is 3.18. The summed E-state index contributed by atoms with van der Waals surface area (Å²) in [6.45, 7) is 7.15. The molecule has 176 valence electrons. The number of rotatable bonds is 5. The Morgan fingerprint density at radius 3 is 2.70 bits per heavy atom. The van der Waals surface area contributed by atoms with Crippen LogP contribution in [0.15, 0.2) is 6.20 Å². The monoisotopic (exact) mass is 449 g/mol. The van der Waals surface area contributed by atoms with E-state index in [1.165, 1.54) is 24.1 Å². The molecule has 2 aliphatic heterocycles. The molecule has 0 aromatic carbocycles. The molecule has 2 aliphatic carbocycles. The zero-order chi connectivity index (χ0) is 22.6. The smallest absolute Gasteiger partial charge is 0.245 e. The van der Waals surface area contributed by atoms with Crippen LogP contribution in [-0.2, 0) is 17.6 Å². The first kappa shape index (κ1) is 20.9. The summed E-state index contributed by atoms with van der Waals surface area (Å²) in [7, 11) is 0. The fourth-order valence-electron chi connectivity index (χ4n) is 5.57. The normalized spacial score (nSPS) is 24.2. The van der Waals surface area contributed by atoms with Gasteiger partial charge in [0, 0.05) is 36.8 Å². The number of hydrogen-bond acceptors (Lipinski definition) is 6. The van der Waals surface area contributed by atoms with Crippen LogP contribution in [0, 0.1) is 5.41 Å². The first-order chi connectivity index (χ1) is 16.0. The predicted molar refractivity (Wildman–Crippen MR) is 128 cm³/mol. The first-order valence-corrected chi connectivity index (χ1v) is 12.7. The number of piperidine rings is 1. The van der Waals surface area contributed by atoms with Crippen LogP contribution in [0.1, 0.15) is 81.7 Å². The molecule has 0 radical (unpaired) electrons. The van der Waals surface area contributed by atoms with E-state index in [-0.39, 0.29) is 11.9 Å². The standard InChI is InChI=1S/C25H35N7O/c1-25(2)10-13-31(14-11-25)22(33)20-7-4-12-32(20)24-28-18-6-3-5-17(18)21(30-24)29-23-26-15-19(27-23)16-8-9-16/h15-16,20H,3-14H2,1-2H3,(H2,26,27,28,29,30)/t20-/m0/s1. The van der Waals surface area contributed by atoms with Crippen molar-refractivity contribution in [3.8, 4) is 0 Å². The van der Waals surface area contributed by atoms with Gasteiger partial charge in [0.15, 0.2) is 0 Å². The van der Waals surface area contributed by atoms with Crippen molar-refractivity contribution in [3.05, 3.63) is 23.1 Å². The van der Waals surface area contributed by atoms with Gasteiger partial charge in [-0.05, 0) is 63.2 Å². The van der Waals surface area contributed by atoms with Gasteiger partial charge in [0.1, 0.15) is 11.9 Å². The van der Waals surface area contributed by atoms with Gasteiger partial charge in [-0.25, -0.2) is 9.97 Å². The number of nitrogens with zero attached hydrogens (tertiary/aromatic N) is 5. The van der Waals surface area contributed by atoms with Gasteiger partial charge in [-0.15, -0.1) is 0 Å². The van der Waals surface area contributed by atoms with E-state index in [4.69, 9.17) is 9.97 Å². The van der Waals surface area contributed by atoms with E-state index in [9.17, 15) is 4.79 Å². The highest BCUT2D eigenvalue weighted by Crippen LogP contribution is 2.40. The number of amides is 1. The topological polar surface area (TPSA) is 90.0 Å². The quantitative estimate of drug-likeness (QED) is 0.719. The molecule has 0 unspecified atom stereocenters. The fourth-order valence-corrected chi connectivity index (χ4v) is 5.57. The molecule has 33 heavy (non-hydrogen) atoms. The molecule has 8 heteroatoms. The van der Waals surface area contributed by atoms with Crippen molar-refractivity contribution in [2.24, 2.45) is 5.41 Å². The minimum atomic E-state index is -0.149. The molecule has 1 amide bonds. The summed E-state index contributed by atoms with van der Waals surface area (Å²) in [5, 5.41) is 3.45. The molecule has 4 aliphatic rings. The number of fused-ring (bicyclic) bond motifs is 1. The van der Waals surface area contributed by atoms with Crippen LogP contribution >= 0.6 is 0 Å². The Labute approximate surface area is 195 Å². The summed E-state index contributed by atoms with van der Waals surface area (Å²) in [6.07, 6.45) is 11.5. The van der Waals surface area contributed by atoms with Crippen LogP contribution in [0.2, 0.25) is 0 Å². The second-order valence-electron chi connectivity index (χ2n) is 11.1. The molecule has 0 bridgehead atoms. The number of aromatic nitrogens is 4. The average molecular weight is 450 g/mol. The van der Waals surface area contributed by atoms with Gasteiger partial charge in [0.2, 0.25) is 17.8 Å². The number of imidazole rings is 1. The summed E-state index contributed by atoms with van der Waals surface area (Å²) >= 11 is 0. The van der Waals surface area contributed by atoms with Crippen molar-refractivity contribution in [3.63, 3.8) is 0 Å². The number of carbonyl (C=O) groups is 1. The highest BCUT2D eigenvalue weighted by atomic mass is 16.2. The molecule has 3 fully saturated rings. The SMILES string of the molecule is CC1(C)CCN(C(=O)[C@@H]2CCCN2c2nc3c(c(Nc4ncc(C5CC5)[nH]4)n2)CCC3)CC1. The third-order valence-electron chi connectivity index (χ3n) is 7.99. The maximum atomic E-state index is 13.5. The molecular formula is C25H35N7O. The molecule has 4 heterocycles. The lowest BCUT2D eigenvalue weighted by molar-refractivity contribution is -0.134. The summed E-state index contributed by atoms with van der Waals surface area (Å²) in [6, 6.07) is -0.149. The van der Waals surface area contributed by atoms with Gasteiger partial charge in [0.05, 0.1) is 11.9 Å². The molecular weight excluding hydrogens is 414 g/mol. The summed E-state index contributed by atoms with van der Waals surface area (Å²) in [5.41, 5.74) is 3.86. The van der Waals surface area contributed by atoms with E-state index in [1.807, 2.05) is 6.20 Å². The van der Waals surface area contributed by atoms with Crippen LogP contribution < -0.4 is 10.2 Å². The van der Waals surface area contributed by atoms with Crippen molar-refractivity contribution in [1.82, 2.24) is 24.8 Å². The highest BCUT2D eigenvalue weighted by Gasteiger charge is 2.38. The Hall–Kier alpha value is -2.64. The Bertz CT molecular complexity index is 1050. The number of aromatic amines is 1. The highest BCUT2D eigenvalue weighted by molar-refractivity contribution is 5.85. The number of carbonyl (C=O) groups excluding carboxylic acids is 1. The molecule has 8 nitrogen and oxygen atoms in total. The third kappa shape index (κ3) is 4.08. The Balaban J connectivity index is 1.24. The fraction of sp³-hybridized carbons (Fsp3) is 0.680. The predicted octanol–water partition coefficient (Wildman–Crippen LogP) is 3.93. The molecule has 2 saturated heterocycles. The number of likely N-dealkylation sites (tertiary alicyclic amines) is 1. The minimum Gasteiger partial charge on any atom is -0.341 e. The van der Waals surface area contributed by atoms with Gasteiger partial charge >= 0.3 is 0 Å². The number of anilines is 3. The Morgan fingerprint density at radius 1 is 1.09 bits per heavy atom. The summed E-state index contributed by atoms with van der Waals surface area (Å²) < 4.78 is 0. The van der Waals surface area contributed by atoms with Crippen LogP contribution in [0.5, 0.6) is 0 Å². The van der Waals surface area contributed by atoms with Crippen molar-refractivity contribution in [2.75, 3.05) is 29.9 Å². The van der Waals surface area contributed by atoms with Gasteiger partial charge in [-0.2, -0.15) is 4.98 Å². The van der Waals surface area contributed by atoms with Crippen LogP contribution in [0.3, 0.4) is 0 Å². The van der Waals surface area contributed by atoms with Crippen molar-refractivity contribution >= 4 is 23.6 Å². The summed E-state index contributed by atoms with van der Waals surface area (Å²) in [4.78, 5) is 35.6. The van der Waals surface area contributed by atoms with Gasteiger partial charge in [-0.1, -0.05) is 13.8 Å². The second-order valence-corrected chi connectivity index (χ2v) is 11.1. The third-order valence-corrected chi connectivity index (χ3v) is 7.99. The minimum absolute atomic E-state index is 0.149. The average Bonchev–Trinajstić information content (AvgIpc) is 3.19. The molecule has 1 saturated carbocycles. The lowest BCUT2D eigenvalue weighted by Crippen LogP contribution is -2.50. The maximum Gasteiger partial charge on any atom is 0.245 e. The van der Waals surface area contributed by atoms with Crippen molar-refractivity contribution in [1.29, 1.82) is 0 Å². The lowest BCUT2D eigenvalue weighted by Gasteiger charge is -2.39. The Morgan fingerprint density at radius 2 is 1.91 bits per heavy atom. The van der Waals surface area contributed by atoms with Gasteiger partial charge in [-0.3, -0.25) is 4.79 Å². The van der Waals surface area contributed by atoms with Crippen LogP contribution in [0.4, 0.5) is 17.7 Å². The van der Waals surface area contributed by atoms with E-state index >= 15 is 0 Å². The largest absolute Gasteiger partial charge is 0.341 e. The first-order valence-electron chi connectivity index (χ1n) is 12.7. The van der Waals surface area contributed by atoms with E-state index in [1.54, 1.807) is 0 Å². The molecule has 2 aromatic heterocycles. The maximum absolute atomic E-state index is 13.5. The Kier molecular flexibility index (Phi) is 5.07. The number of aryl methyl sites for hydroxylation is 1. The van der Waals surface area contributed by atoms with E-state index in [0.717, 1.165) is 82.0 Å². The lowest BCUT2D eigenvalue weighted by atomic mass is 9.82. The van der Waals surface area contributed by atoms with Gasteiger partial charge in [0.25, 0.3) is 0 Å². The molecule has 2 N–H and O–H groups in total. The number of hydrogen-bond donors (Lipinski definition) is 2. The van der Waals surface area contributed by atoms with Crippen molar-refractivity contribution in [2.45, 2.75) is 83.6 Å². The zero-order valence-electron chi connectivity index (χ0n) is 19.9.